The van der Waals surface area contributed by atoms with Crippen LogP contribution in [0.3, 0.4) is 0 Å². The summed E-state index contributed by atoms with van der Waals surface area (Å²) in [7, 11) is 0. The number of carbonyl (C=O) groups is 3. The van der Waals surface area contributed by atoms with Gasteiger partial charge in [-0.2, -0.15) is 0 Å². The molecule has 49 heavy (non-hydrogen) atoms. The minimum atomic E-state index is -2.76. The first kappa shape index (κ1) is 36.8. The standard InChI is InChI=1S/C37H43N5O6S/c1-3-48-32-19-15-28(16-20-32)22-34(40-35(43)25-42(49(46)47)31-17-9-26(2)10-18-31)37(45)41-33(21-27-7-5-4-6-8-27)36(44)39-24-30-13-11-29(23-38)12-14-30/h4-20,33-34H,3,21-25,38H2,1-2H3,(H,39,44)(H,40,43)(H,41,45)(H,46,47)/p-1/t33-,34+/m0/s1. The van der Waals surface area contributed by atoms with Gasteiger partial charge in [0.05, 0.1) is 6.61 Å². The average Bonchev–Trinajstić information content (AvgIpc) is 3.11. The number of aryl methyl sites for hydroxylation is 1. The highest BCUT2D eigenvalue weighted by Gasteiger charge is 2.28. The maximum atomic E-state index is 14.0. The lowest BCUT2D eigenvalue weighted by Crippen LogP contribution is -2.56. The minimum absolute atomic E-state index is 0.0716. The van der Waals surface area contributed by atoms with E-state index in [-0.39, 0.29) is 19.4 Å². The number of carbonyl (C=O) groups excluding carboxylic acids is 3. The molecule has 258 valence electrons. The normalized spacial score (nSPS) is 12.7. The second-order valence-corrected chi connectivity index (χ2v) is 12.4. The lowest BCUT2D eigenvalue weighted by atomic mass is 10.0. The first-order valence-corrected chi connectivity index (χ1v) is 17.0. The third-order valence-corrected chi connectivity index (χ3v) is 8.46. The fraction of sp³-hybridized carbons (Fsp3) is 0.270. The van der Waals surface area contributed by atoms with E-state index in [1.165, 1.54) is 0 Å². The van der Waals surface area contributed by atoms with Crippen molar-refractivity contribution in [2.75, 3.05) is 17.5 Å². The van der Waals surface area contributed by atoms with Crippen molar-refractivity contribution in [1.82, 2.24) is 16.0 Å². The van der Waals surface area contributed by atoms with Crippen LogP contribution in [0, 0.1) is 6.92 Å². The second kappa shape index (κ2) is 18.5. The van der Waals surface area contributed by atoms with Crippen molar-refractivity contribution in [2.45, 2.75) is 51.9 Å². The lowest BCUT2D eigenvalue weighted by molar-refractivity contribution is -0.131. The number of rotatable bonds is 17. The van der Waals surface area contributed by atoms with Crippen LogP contribution >= 0.6 is 0 Å². The molecular formula is C37H42N5O6S-. The number of benzene rings is 4. The van der Waals surface area contributed by atoms with Gasteiger partial charge in [-0.3, -0.25) is 22.9 Å². The first-order valence-electron chi connectivity index (χ1n) is 16.0. The summed E-state index contributed by atoms with van der Waals surface area (Å²) in [6.07, 6.45) is 0.271. The van der Waals surface area contributed by atoms with E-state index in [0.717, 1.165) is 32.1 Å². The fourth-order valence-corrected chi connectivity index (χ4v) is 5.60. The van der Waals surface area contributed by atoms with Crippen molar-refractivity contribution in [3.8, 4) is 5.75 Å². The van der Waals surface area contributed by atoms with E-state index in [0.29, 0.717) is 24.6 Å². The molecule has 4 aromatic rings. The zero-order valence-corrected chi connectivity index (χ0v) is 28.4. The minimum Gasteiger partial charge on any atom is -0.755 e. The average molecular weight is 685 g/mol. The maximum absolute atomic E-state index is 14.0. The van der Waals surface area contributed by atoms with Crippen LogP contribution in [0.5, 0.6) is 5.75 Å². The molecule has 3 amide bonds. The van der Waals surface area contributed by atoms with Crippen molar-refractivity contribution >= 4 is 34.7 Å². The van der Waals surface area contributed by atoms with E-state index >= 15 is 0 Å². The van der Waals surface area contributed by atoms with Crippen molar-refractivity contribution in [1.29, 1.82) is 0 Å². The highest BCUT2D eigenvalue weighted by atomic mass is 32.2. The Labute approximate surface area is 289 Å². The van der Waals surface area contributed by atoms with Crippen LogP contribution in [0.15, 0.2) is 103 Å². The molecule has 0 aliphatic heterocycles. The Kier molecular flexibility index (Phi) is 13.9. The van der Waals surface area contributed by atoms with Gasteiger partial charge in [0.15, 0.2) is 0 Å². The Balaban J connectivity index is 1.55. The van der Waals surface area contributed by atoms with Crippen LogP contribution in [-0.4, -0.2) is 51.7 Å². The molecule has 0 spiro atoms. The maximum Gasteiger partial charge on any atom is 0.243 e. The van der Waals surface area contributed by atoms with E-state index in [1.54, 1.807) is 48.5 Å². The smallest absolute Gasteiger partial charge is 0.243 e. The largest absolute Gasteiger partial charge is 0.755 e. The van der Waals surface area contributed by atoms with Gasteiger partial charge >= 0.3 is 0 Å². The summed E-state index contributed by atoms with van der Waals surface area (Å²) in [5.74, 6) is -1.05. The molecule has 1 unspecified atom stereocenters. The van der Waals surface area contributed by atoms with E-state index in [9.17, 15) is 23.1 Å². The molecule has 0 saturated heterocycles. The molecule has 12 heteroatoms. The van der Waals surface area contributed by atoms with Crippen molar-refractivity contribution in [3.05, 3.63) is 131 Å². The van der Waals surface area contributed by atoms with Gasteiger partial charge in [0.2, 0.25) is 17.7 Å². The quantitative estimate of drug-likeness (QED) is 0.124. The van der Waals surface area contributed by atoms with Crippen molar-refractivity contribution < 1.29 is 27.9 Å². The van der Waals surface area contributed by atoms with E-state index in [4.69, 9.17) is 10.5 Å². The number of hydrogen-bond donors (Lipinski definition) is 4. The van der Waals surface area contributed by atoms with E-state index in [1.807, 2.05) is 68.4 Å². The fourth-order valence-electron chi connectivity index (χ4n) is 5.08. The third kappa shape index (κ3) is 11.6. The number of nitrogens with zero attached hydrogens (tertiary/aromatic N) is 1. The Hall–Kier alpha value is -5.04. The number of amides is 3. The van der Waals surface area contributed by atoms with Crippen molar-refractivity contribution in [2.24, 2.45) is 5.73 Å². The molecule has 0 heterocycles. The summed E-state index contributed by atoms with van der Waals surface area (Å²) < 4.78 is 30.7. The summed E-state index contributed by atoms with van der Waals surface area (Å²) in [6, 6.07) is 28.5. The number of ether oxygens (including phenoxy) is 1. The Morgan fingerprint density at radius 3 is 1.94 bits per heavy atom. The topological polar surface area (TPSA) is 166 Å². The van der Waals surface area contributed by atoms with Crippen LogP contribution in [0.25, 0.3) is 0 Å². The van der Waals surface area contributed by atoms with Gasteiger partial charge < -0.3 is 31.0 Å². The van der Waals surface area contributed by atoms with E-state index < -0.39 is 47.6 Å². The number of nitrogens with one attached hydrogen (secondary N) is 3. The predicted molar refractivity (Wildman–Crippen MR) is 189 cm³/mol. The summed E-state index contributed by atoms with van der Waals surface area (Å²) in [6.45, 7) is 4.32. The number of anilines is 1. The lowest BCUT2D eigenvalue weighted by Gasteiger charge is -2.28. The Morgan fingerprint density at radius 2 is 1.35 bits per heavy atom. The first-order chi connectivity index (χ1) is 23.6. The summed E-state index contributed by atoms with van der Waals surface area (Å²) in [5.41, 5.74) is 10.3. The molecule has 0 aliphatic carbocycles. The molecule has 0 aliphatic rings. The molecule has 5 N–H and O–H groups in total. The molecule has 0 fully saturated rings. The highest BCUT2D eigenvalue weighted by molar-refractivity contribution is 7.80. The Bertz CT molecular complexity index is 1690. The van der Waals surface area contributed by atoms with Crippen LogP contribution in [-0.2, 0) is 51.6 Å². The van der Waals surface area contributed by atoms with Crippen LogP contribution in [0.4, 0.5) is 5.69 Å². The van der Waals surface area contributed by atoms with Gasteiger partial charge in [0.25, 0.3) is 0 Å². The van der Waals surface area contributed by atoms with Gasteiger partial charge in [0.1, 0.15) is 24.4 Å². The molecule has 0 saturated carbocycles. The van der Waals surface area contributed by atoms with Crippen LogP contribution < -0.4 is 30.7 Å². The summed E-state index contributed by atoms with van der Waals surface area (Å²) >= 11 is -2.76. The highest BCUT2D eigenvalue weighted by Crippen LogP contribution is 2.17. The van der Waals surface area contributed by atoms with Crippen LogP contribution in [0.2, 0.25) is 0 Å². The molecule has 11 nitrogen and oxygen atoms in total. The SMILES string of the molecule is CCOc1ccc(C[C@@H](NC(=O)CN(c2ccc(C)cc2)S(=O)[O-])C(=O)N[C@@H](Cc2ccccc2)C(=O)NCc2ccc(CN)cc2)cc1. The molecule has 0 bridgehead atoms. The van der Waals surface area contributed by atoms with Gasteiger partial charge in [-0.25, -0.2) is 0 Å². The molecule has 4 aromatic carbocycles. The zero-order valence-electron chi connectivity index (χ0n) is 27.6. The van der Waals surface area contributed by atoms with Gasteiger partial charge in [0, 0.05) is 42.9 Å². The second-order valence-electron chi connectivity index (χ2n) is 11.5. The van der Waals surface area contributed by atoms with E-state index in [2.05, 4.69) is 16.0 Å². The van der Waals surface area contributed by atoms with Crippen LogP contribution in [0.1, 0.15) is 34.7 Å². The summed E-state index contributed by atoms with van der Waals surface area (Å²) in [4.78, 5) is 40.9. The van der Waals surface area contributed by atoms with Gasteiger partial charge in [-0.1, -0.05) is 84.4 Å². The number of nitrogens with two attached hydrogens (primary N) is 1. The van der Waals surface area contributed by atoms with Gasteiger partial charge in [-0.05, 0) is 60.4 Å². The zero-order chi connectivity index (χ0) is 35.2. The molecule has 0 aromatic heterocycles. The summed E-state index contributed by atoms with van der Waals surface area (Å²) in [5, 5.41) is 8.47. The molecular weight excluding hydrogens is 643 g/mol. The monoisotopic (exact) mass is 684 g/mol. The number of hydrogen-bond acceptors (Lipinski definition) is 7. The van der Waals surface area contributed by atoms with Gasteiger partial charge in [-0.15, -0.1) is 0 Å². The molecule has 4 rings (SSSR count). The predicted octanol–water partition coefficient (Wildman–Crippen LogP) is 3.22. The molecule has 3 atom stereocenters. The third-order valence-electron chi connectivity index (χ3n) is 7.76. The Morgan fingerprint density at radius 1 is 0.776 bits per heavy atom. The van der Waals surface area contributed by atoms with Crippen molar-refractivity contribution in [3.63, 3.8) is 0 Å². The molecule has 0 radical (unpaired) electrons.